The summed E-state index contributed by atoms with van der Waals surface area (Å²) in [6, 6.07) is 5.02. The first-order valence-electron chi connectivity index (χ1n) is 11.4. The van der Waals surface area contributed by atoms with Gasteiger partial charge in [-0.2, -0.15) is 4.68 Å². The number of rotatable bonds is 4. The van der Waals surface area contributed by atoms with Crippen LogP contribution in [0.15, 0.2) is 30.7 Å². The van der Waals surface area contributed by atoms with Gasteiger partial charge in [0.15, 0.2) is 5.82 Å². The van der Waals surface area contributed by atoms with Crippen molar-refractivity contribution in [3.8, 4) is 5.82 Å². The molecule has 11 heteroatoms. The van der Waals surface area contributed by atoms with E-state index in [1.165, 1.54) is 17.1 Å². The third kappa shape index (κ3) is 4.50. The summed E-state index contributed by atoms with van der Waals surface area (Å²) in [5.74, 6) is 0.159. The molecule has 2 aliphatic rings. The van der Waals surface area contributed by atoms with E-state index in [1.807, 2.05) is 17.9 Å². The van der Waals surface area contributed by atoms with E-state index >= 15 is 0 Å². The molecule has 0 unspecified atom stereocenters. The zero-order valence-electron chi connectivity index (χ0n) is 19.6. The monoisotopic (exact) mass is 476 g/mol. The number of carbonyl (C=O) groups excluding carboxylic acids is 1. The highest BCUT2D eigenvalue weighted by Gasteiger charge is 2.36. The van der Waals surface area contributed by atoms with Gasteiger partial charge in [0.2, 0.25) is 11.6 Å². The van der Waals surface area contributed by atoms with E-state index in [0.717, 1.165) is 23.2 Å². The molecule has 2 saturated heterocycles. The van der Waals surface area contributed by atoms with Gasteiger partial charge in [-0.1, -0.05) is 6.07 Å². The molecule has 2 aromatic heterocycles. The lowest BCUT2D eigenvalue weighted by atomic mass is 9.98. The number of halogens is 1. The molecule has 2 aliphatic heterocycles. The Kier molecular flexibility index (Phi) is 6.23. The van der Waals surface area contributed by atoms with E-state index in [2.05, 4.69) is 30.3 Å². The second-order valence-corrected chi connectivity index (χ2v) is 8.93. The summed E-state index contributed by atoms with van der Waals surface area (Å²) in [6.45, 7) is 14.1. The fourth-order valence-electron chi connectivity index (χ4n) is 4.79. The molecule has 2 atom stereocenters. The normalized spacial score (nSPS) is 20.3. The van der Waals surface area contributed by atoms with E-state index in [1.54, 1.807) is 19.2 Å². The van der Waals surface area contributed by atoms with Crippen LogP contribution in [0, 0.1) is 26.2 Å². The molecular weight excluding hydrogens is 451 g/mol. The van der Waals surface area contributed by atoms with E-state index in [0.29, 0.717) is 37.6 Å². The average molecular weight is 477 g/mol. The first kappa shape index (κ1) is 23.0. The first-order valence-corrected chi connectivity index (χ1v) is 11.4. The molecule has 5 rings (SSSR count). The molecule has 180 valence electrons. The molecule has 0 N–H and O–H groups in total. The Balaban J connectivity index is 1.21. The van der Waals surface area contributed by atoms with Gasteiger partial charge in [0, 0.05) is 32.4 Å². The number of nitrogens with zero attached hydrogens (tertiary/aromatic N) is 8. The minimum absolute atomic E-state index is 0.0550. The van der Waals surface area contributed by atoms with Crippen LogP contribution in [-0.2, 0) is 16.0 Å². The van der Waals surface area contributed by atoms with Crippen molar-refractivity contribution in [3.63, 3.8) is 0 Å². The van der Waals surface area contributed by atoms with E-state index < -0.39 is 5.82 Å². The third-order valence-corrected chi connectivity index (χ3v) is 6.86. The Hall–Kier alpha value is -3.75. The Morgan fingerprint density at radius 2 is 2.14 bits per heavy atom. The molecule has 2 fully saturated rings. The number of morpholine rings is 1. The third-order valence-electron chi connectivity index (χ3n) is 6.86. The van der Waals surface area contributed by atoms with Crippen LogP contribution in [-0.4, -0.2) is 79.7 Å². The highest BCUT2D eigenvalue weighted by molar-refractivity contribution is 5.79. The molecule has 3 aromatic rings. The van der Waals surface area contributed by atoms with Crippen molar-refractivity contribution >= 4 is 11.6 Å². The van der Waals surface area contributed by atoms with Crippen molar-refractivity contribution < 1.29 is 13.9 Å². The quantitative estimate of drug-likeness (QED) is 0.533. The summed E-state index contributed by atoms with van der Waals surface area (Å²) in [5.41, 5.74) is 3.36. The zero-order chi connectivity index (χ0) is 24.5. The summed E-state index contributed by atoms with van der Waals surface area (Å²) in [7, 11) is 0. The minimum Gasteiger partial charge on any atom is -0.371 e. The predicted molar refractivity (Wildman–Crippen MR) is 123 cm³/mol. The van der Waals surface area contributed by atoms with Crippen molar-refractivity contribution in [2.45, 2.75) is 32.4 Å². The number of tetrazole rings is 1. The number of pyridine rings is 1. The van der Waals surface area contributed by atoms with Crippen molar-refractivity contribution in [2.24, 2.45) is 0 Å². The number of aryl methyl sites for hydroxylation is 1. The number of amides is 1. The van der Waals surface area contributed by atoms with Gasteiger partial charge in [0.25, 0.3) is 0 Å². The first-order chi connectivity index (χ1) is 16.9. The zero-order valence-corrected chi connectivity index (χ0v) is 19.6. The van der Waals surface area contributed by atoms with Crippen molar-refractivity contribution in [1.29, 1.82) is 0 Å². The maximum Gasteiger partial charge on any atom is 0.227 e. The number of hydrogen-bond donors (Lipinski definition) is 0. The van der Waals surface area contributed by atoms with Crippen LogP contribution in [0.4, 0.5) is 10.1 Å². The van der Waals surface area contributed by atoms with E-state index in [4.69, 9.17) is 11.3 Å². The second kappa shape index (κ2) is 9.48. The van der Waals surface area contributed by atoms with E-state index in [-0.39, 0.29) is 30.2 Å². The Labute approximate surface area is 202 Å². The van der Waals surface area contributed by atoms with Crippen LogP contribution in [0.2, 0.25) is 0 Å². The van der Waals surface area contributed by atoms with Crippen LogP contribution in [0.5, 0.6) is 0 Å². The van der Waals surface area contributed by atoms with Crippen molar-refractivity contribution in [2.75, 3.05) is 32.8 Å². The van der Waals surface area contributed by atoms with Crippen LogP contribution in [0.1, 0.15) is 28.4 Å². The standard InChI is InChI=1S/C24H25FN8O2/c1-15-8-22(33-14-28-29-30-33)27-10-17(15)9-23(34)32-7-6-31-12-21(35-13-18(31)11-32)19-4-5-20(25)24(26-3)16(19)2/h4-5,8,10,14,18,21H,6-7,9,11-13H2,1-2H3/t18-,21+/m0/s1. The minimum atomic E-state index is -0.502. The summed E-state index contributed by atoms with van der Waals surface area (Å²) in [6.07, 6.45) is 3.24. The number of aromatic nitrogens is 5. The number of hydrogen-bond acceptors (Lipinski definition) is 7. The van der Waals surface area contributed by atoms with Crippen LogP contribution in [0.25, 0.3) is 10.7 Å². The van der Waals surface area contributed by atoms with Gasteiger partial charge in [0.1, 0.15) is 12.1 Å². The predicted octanol–water partition coefficient (Wildman–Crippen LogP) is 2.19. The van der Waals surface area contributed by atoms with Gasteiger partial charge in [-0.05, 0) is 58.7 Å². The largest absolute Gasteiger partial charge is 0.371 e. The maximum atomic E-state index is 13.9. The van der Waals surface area contributed by atoms with Gasteiger partial charge in [-0.15, -0.1) is 5.10 Å². The van der Waals surface area contributed by atoms with Crippen LogP contribution in [0.3, 0.4) is 0 Å². The number of carbonyl (C=O) groups is 1. The van der Waals surface area contributed by atoms with Gasteiger partial charge in [0.05, 0.1) is 31.7 Å². The summed E-state index contributed by atoms with van der Waals surface area (Å²) < 4.78 is 21.5. The van der Waals surface area contributed by atoms with Gasteiger partial charge in [-0.25, -0.2) is 14.2 Å². The molecule has 1 amide bonds. The van der Waals surface area contributed by atoms with Crippen LogP contribution >= 0.6 is 0 Å². The maximum absolute atomic E-state index is 13.9. The average Bonchev–Trinajstić information content (AvgIpc) is 3.40. The Morgan fingerprint density at radius 3 is 2.89 bits per heavy atom. The lowest BCUT2D eigenvalue weighted by Crippen LogP contribution is -2.59. The van der Waals surface area contributed by atoms with Crippen molar-refractivity contribution in [1.82, 2.24) is 35.0 Å². The number of piperazine rings is 1. The molecule has 0 radical (unpaired) electrons. The van der Waals surface area contributed by atoms with Crippen LogP contribution < -0.4 is 0 Å². The molecule has 10 nitrogen and oxygen atoms in total. The number of benzene rings is 1. The van der Waals surface area contributed by atoms with Crippen molar-refractivity contribution in [3.05, 3.63) is 70.2 Å². The lowest BCUT2D eigenvalue weighted by molar-refractivity contribution is -0.139. The highest BCUT2D eigenvalue weighted by Crippen LogP contribution is 2.34. The fourth-order valence-corrected chi connectivity index (χ4v) is 4.79. The Morgan fingerprint density at radius 1 is 1.29 bits per heavy atom. The Bertz CT molecular complexity index is 1290. The smallest absolute Gasteiger partial charge is 0.227 e. The topological polar surface area (TPSA) is 93.6 Å². The van der Waals surface area contributed by atoms with Gasteiger partial charge < -0.3 is 9.64 Å². The summed E-state index contributed by atoms with van der Waals surface area (Å²) >= 11 is 0. The highest BCUT2D eigenvalue weighted by atomic mass is 19.1. The van der Waals surface area contributed by atoms with Gasteiger partial charge >= 0.3 is 0 Å². The molecule has 1 aromatic carbocycles. The van der Waals surface area contributed by atoms with Gasteiger partial charge in [-0.3, -0.25) is 9.69 Å². The molecule has 0 saturated carbocycles. The van der Waals surface area contributed by atoms with E-state index in [9.17, 15) is 9.18 Å². The summed E-state index contributed by atoms with van der Waals surface area (Å²) in [5, 5.41) is 11.1. The second-order valence-electron chi connectivity index (χ2n) is 8.93. The molecule has 0 bridgehead atoms. The molecule has 0 aliphatic carbocycles. The SMILES string of the molecule is [C-]#[N+]c1c(F)ccc([C@H]2CN3CCN(C(=O)Cc4cnc(-n5cnnn5)cc4C)C[C@H]3CO2)c1C. The number of ether oxygens (including phenoxy) is 1. The molecule has 35 heavy (non-hydrogen) atoms. The lowest BCUT2D eigenvalue weighted by Gasteiger charge is -2.46. The molecular formula is C24H25FN8O2. The number of fused-ring (bicyclic) bond motifs is 1. The molecule has 0 spiro atoms. The summed E-state index contributed by atoms with van der Waals surface area (Å²) in [4.78, 5) is 25.0. The fraction of sp³-hybridized carbons (Fsp3) is 0.417. The molecule has 4 heterocycles.